The van der Waals surface area contributed by atoms with Gasteiger partial charge in [0.15, 0.2) is 34.5 Å². The van der Waals surface area contributed by atoms with Gasteiger partial charge in [-0.3, -0.25) is 0 Å². The molecule has 0 fully saturated rings. The molecule has 0 aliphatic carbocycles. The Morgan fingerprint density at radius 2 is 1.20 bits per heavy atom. The molecule has 0 saturated carbocycles. The Bertz CT molecular complexity index is 2170. The first-order chi connectivity index (χ1) is 24.0. The highest BCUT2D eigenvalue weighted by molar-refractivity contribution is 6.22. The second-order valence-corrected chi connectivity index (χ2v) is 11.4. The Morgan fingerprint density at radius 3 is 1.82 bits per heavy atom. The van der Waals surface area contributed by atoms with Crippen LogP contribution in [-0.2, 0) is 0 Å². The van der Waals surface area contributed by atoms with Crippen LogP contribution in [0.25, 0.3) is 49.3 Å². The van der Waals surface area contributed by atoms with Crippen molar-refractivity contribution in [1.82, 2.24) is 4.40 Å². The van der Waals surface area contributed by atoms with Crippen molar-refractivity contribution < 1.29 is 32.8 Å². The Hall–Kier alpha value is -5.17. The van der Waals surface area contributed by atoms with Crippen LogP contribution in [0.3, 0.4) is 0 Å². The lowest BCUT2D eigenvalue weighted by atomic mass is 9.98. The Kier molecular flexibility index (Phi) is 10.3. The van der Waals surface area contributed by atoms with Gasteiger partial charge < -0.3 is 54.4 Å². The van der Waals surface area contributed by atoms with E-state index in [0.717, 1.165) is 27.4 Å². The van der Waals surface area contributed by atoms with Gasteiger partial charge >= 0.3 is 5.63 Å². The minimum Gasteiger partial charge on any atom is -0.493 e. The number of pyridine rings is 1. The van der Waals surface area contributed by atoms with Crippen molar-refractivity contribution in [2.75, 3.05) is 60.8 Å². The Balaban J connectivity index is 1.71. The fraction of sp³-hybridized carbons (Fsp3) is 0.324. The van der Waals surface area contributed by atoms with Gasteiger partial charge in [0.25, 0.3) is 0 Å². The lowest BCUT2D eigenvalue weighted by Gasteiger charge is -2.15. The molecule has 0 spiro atoms. The molecule has 3 aromatic heterocycles. The zero-order chi connectivity index (χ0) is 34.5. The summed E-state index contributed by atoms with van der Waals surface area (Å²) in [6, 6.07) is 15.1. The minimum atomic E-state index is -0.511. The first kappa shape index (κ1) is 33.7. The van der Waals surface area contributed by atoms with Crippen molar-refractivity contribution >= 4 is 38.2 Å². The summed E-state index contributed by atoms with van der Waals surface area (Å²) >= 11 is 0. The fourth-order valence-electron chi connectivity index (χ4n) is 6.07. The topological polar surface area (TPSA) is 168 Å². The van der Waals surface area contributed by atoms with Crippen molar-refractivity contribution in [3.05, 3.63) is 65.1 Å². The number of aromatic nitrogens is 1. The maximum atomic E-state index is 14.0. The summed E-state index contributed by atoms with van der Waals surface area (Å²) in [6.45, 7) is 2.79. The number of nitrogens with two attached hydrogens (primary N) is 3. The Labute approximate surface area is 283 Å². The summed E-state index contributed by atoms with van der Waals surface area (Å²) in [5, 5.41) is 3.06. The average molecular weight is 671 g/mol. The highest BCUT2D eigenvalue weighted by Crippen LogP contribution is 2.46. The fourth-order valence-corrected chi connectivity index (χ4v) is 6.07. The zero-order valence-corrected chi connectivity index (χ0v) is 28.0. The van der Waals surface area contributed by atoms with E-state index in [1.54, 1.807) is 27.4 Å². The minimum absolute atomic E-state index is 0.351. The number of methoxy groups -OCH3 is 3. The molecule has 6 aromatic rings. The molecule has 0 radical (unpaired) electrons. The van der Waals surface area contributed by atoms with Gasteiger partial charge in [-0.05, 0) is 86.2 Å². The van der Waals surface area contributed by atoms with Crippen LogP contribution < -0.4 is 51.2 Å². The molecule has 0 unspecified atom stereocenters. The summed E-state index contributed by atoms with van der Waals surface area (Å²) in [6.07, 6.45) is 3.93. The van der Waals surface area contributed by atoms with E-state index in [1.807, 2.05) is 53.1 Å². The number of benzene rings is 3. The van der Waals surface area contributed by atoms with Crippen LogP contribution in [-0.4, -0.2) is 65.2 Å². The molecule has 12 heteroatoms. The molecule has 258 valence electrons. The molecule has 0 aliphatic heterocycles. The molecule has 3 heterocycles. The molecular weight excluding hydrogens is 628 g/mol. The molecule has 0 bridgehead atoms. The summed E-state index contributed by atoms with van der Waals surface area (Å²) in [7, 11) is 4.77. The van der Waals surface area contributed by atoms with Crippen molar-refractivity contribution in [2.24, 2.45) is 17.2 Å². The summed E-state index contributed by atoms with van der Waals surface area (Å²) < 4.78 is 43.2. The number of hydrogen-bond donors (Lipinski definition) is 3. The highest BCUT2D eigenvalue weighted by Gasteiger charge is 2.25. The number of nitrogens with zero attached hydrogens (tertiary/aromatic N) is 1. The predicted molar refractivity (Wildman–Crippen MR) is 191 cm³/mol. The van der Waals surface area contributed by atoms with Crippen molar-refractivity contribution in [1.29, 1.82) is 0 Å². The van der Waals surface area contributed by atoms with Crippen LogP contribution in [0, 0.1) is 0 Å². The van der Waals surface area contributed by atoms with Gasteiger partial charge in [0.2, 0.25) is 0 Å². The maximum Gasteiger partial charge on any atom is 0.361 e. The van der Waals surface area contributed by atoms with Gasteiger partial charge in [0.1, 0.15) is 11.1 Å². The molecule has 6 N–H and O–H groups in total. The molecule has 0 amide bonds. The lowest BCUT2D eigenvalue weighted by Crippen LogP contribution is -2.07. The Morgan fingerprint density at radius 1 is 0.633 bits per heavy atom. The lowest BCUT2D eigenvalue weighted by molar-refractivity contribution is 0.291. The van der Waals surface area contributed by atoms with Crippen molar-refractivity contribution in [3.63, 3.8) is 0 Å². The standard InChI is InChI=1S/C37H42N4O8/c1-43-28-18-23(7-8-26(28)46-14-4-10-38)33-34-25-20-30(45-3)32(48-16-6-12-40)21-27(25)49-37(42)36(34)41-13-9-22-17-31(47-15-5-11-39)29(44-2)19-24(22)35(33)41/h7-9,13,17-21H,4-6,10-12,14-16,38-40H2,1-3H3. The predicted octanol–water partition coefficient (Wildman–Crippen LogP) is 5.23. The van der Waals surface area contributed by atoms with Crippen LogP contribution in [0.5, 0.6) is 34.5 Å². The third-order valence-corrected chi connectivity index (χ3v) is 8.40. The normalized spacial score (nSPS) is 11.5. The number of rotatable bonds is 16. The van der Waals surface area contributed by atoms with Gasteiger partial charge in [0.05, 0.1) is 46.7 Å². The third-order valence-electron chi connectivity index (χ3n) is 8.40. The largest absolute Gasteiger partial charge is 0.493 e. The molecule has 3 aromatic carbocycles. The summed E-state index contributed by atoms with van der Waals surface area (Å²) in [5.74, 6) is 3.22. The van der Waals surface area contributed by atoms with E-state index >= 15 is 0 Å². The van der Waals surface area contributed by atoms with Gasteiger partial charge in [-0.2, -0.15) is 0 Å². The smallest absolute Gasteiger partial charge is 0.361 e. The molecule has 0 aliphatic rings. The van der Waals surface area contributed by atoms with Crippen molar-refractivity contribution in [3.8, 4) is 45.6 Å². The van der Waals surface area contributed by atoms with E-state index < -0.39 is 5.63 Å². The van der Waals surface area contributed by atoms with E-state index in [9.17, 15) is 4.79 Å². The molecule has 49 heavy (non-hydrogen) atoms. The SMILES string of the molecule is COc1cc(-c2c3c4cc(OC)c(OCCCN)cc4oc(=O)c3n3ccc4cc(OCCCN)c(OC)cc4c23)ccc1OCCCN. The molecular formula is C37H42N4O8. The summed E-state index contributed by atoms with van der Waals surface area (Å²) in [4.78, 5) is 14.0. The first-order valence-electron chi connectivity index (χ1n) is 16.3. The van der Waals surface area contributed by atoms with Crippen LogP contribution >= 0.6 is 0 Å². The average Bonchev–Trinajstić information content (AvgIpc) is 3.48. The van der Waals surface area contributed by atoms with Crippen LogP contribution in [0.1, 0.15) is 19.3 Å². The quantitative estimate of drug-likeness (QED) is 0.0911. The van der Waals surface area contributed by atoms with Gasteiger partial charge in [0, 0.05) is 34.0 Å². The highest BCUT2D eigenvalue weighted by atomic mass is 16.5. The van der Waals surface area contributed by atoms with E-state index in [1.165, 1.54) is 0 Å². The van der Waals surface area contributed by atoms with Crippen LogP contribution in [0.15, 0.2) is 63.9 Å². The summed E-state index contributed by atoms with van der Waals surface area (Å²) in [5.41, 5.74) is 19.6. The van der Waals surface area contributed by atoms with Crippen LogP contribution in [0.4, 0.5) is 0 Å². The van der Waals surface area contributed by atoms with Gasteiger partial charge in [-0.1, -0.05) is 6.07 Å². The number of fused-ring (bicyclic) bond motifs is 7. The molecule has 12 nitrogen and oxygen atoms in total. The maximum absolute atomic E-state index is 14.0. The van der Waals surface area contributed by atoms with E-state index in [4.69, 9.17) is 50.0 Å². The monoisotopic (exact) mass is 670 g/mol. The van der Waals surface area contributed by atoms with Gasteiger partial charge in [-0.25, -0.2) is 4.79 Å². The van der Waals surface area contributed by atoms with Gasteiger partial charge in [-0.15, -0.1) is 0 Å². The number of hydrogen-bond acceptors (Lipinski definition) is 11. The number of ether oxygens (including phenoxy) is 6. The third kappa shape index (κ3) is 6.38. The van der Waals surface area contributed by atoms with E-state index in [0.29, 0.717) is 115 Å². The second-order valence-electron chi connectivity index (χ2n) is 11.4. The molecule has 6 rings (SSSR count). The second kappa shape index (κ2) is 14.9. The molecule has 0 atom stereocenters. The van der Waals surface area contributed by atoms with Crippen molar-refractivity contribution in [2.45, 2.75) is 19.3 Å². The van der Waals surface area contributed by atoms with E-state index in [2.05, 4.69) is 0 Å². The first-order valence-corrected chi connectivity index (χ1v) is 16.3. The van der Waals surface area contributed by atoms with Crippen LogP contribution in [0.2, 0.25) is 0 Å². The molecule has 0 saturated heterocycles. The zero-order valence-electron chi connectivity index (χ0n) is 28.0. The van der Waals surface area contributed by atoms with E-state index in [-0.39, 0.29) is 0 Å².